The lowest BCUT2D eigenvalue weighted by molar-refractivity contribution is -0.139. The summed E-state index contributed by atoms with van der Waals surface area (Å²) in [7, 11) is -3.87. The molecule has 1 heterocycles. The molecule has 0 radical (unpaired) electrons. The average molecular weight is 222 g/mol. The molecule has 0 fully saturated rings. The minimum Gasteiger partial charge on any atom is -0.479 e. The highest BCUT2D eigenvalue weighted by atomic mass is 32.3. The molecular weight excluding hydrogens is 216 g/mol. The molecule has 0 unspecified atom stereocenters. The van der Waals surface area contributed by atoms with Gasteiger partial charge in [-0.3, -0.25) is 4.18 Å². The summed E-state index contributed by atoms with van der Waals surface area (Å²) in [6.07, 6.45) is 0. The van der Waals surface area contributed by atoms with Crippen molar-refractivity contribution in [1.29, 1.82) is 0 Å². The van der Waals surface area contributed by atoms with E-state index in [4.69, 9.17) is 5.11 Å². The van der Waals surface area contributed by atoms with Gasteiger partial charge in [-0.05, 0) is 11.4 Å². The molecule has 0 amide bonds. The Kier molecular flexibility index (Phi) is 3.02. The highest BCUT2D eigenvalue weighted by Crippen LogP contribution is 2.17. The van der Waals surface area contributed by atoms with Gasteiger partial charge < -0.3 is 5.11 Å². The van der Waals surface area contributed by atoms with Crippen LogP contribution >= 0.6 is 11.3 Å². The molecule has 0 aromatic carbocycles. The highest BCUT2D eigenvalue weighted by Gasteiger charge is 2.17. The number of hydrogen-bond acceptors (Lipinski definition) is 5. The Morgan fingerprint density at radius 3 is 2.77 bits per heavy atom. The van der Waals surface area contributed by atoms with Crippen molar-refractivity contribution >= 4 is 27.4 Å². The molecule has 1 aromatic rings. The van der Waals surface area contributed by atoms with Gasteiger partial charge in [0.15, 0.2) is 6.61 Å². The van der Waals surface area contributed by atoms with Crippen LogP contribution in [-0.2, 0) is 19.1 Å². The quantitative estimate of drug-likeness (QED) is 0.752. The third-order valence-electron chi connectivity index (χ3n) is 1.08. The molecule has 13 heavy (non-hydrogen) atoms. The number of thiophene rings is 1. The van der Waals surface area contributed by atoms with Gasteiger partial charge in [0.05, 0.1) is 0 Å². The van der Waals surface area contributed by atoms with E-state index in [1.807, 2.05) is 0 Å². The first-order valence-electron chi connectivity index (χ1n) is 3.17. The second-order valence-electron chi connectivity index (χ2n) is 2.04. The molecule has 0 saturated carbocycles. The van der Waals surface area contributed by atoms with Crippen molar-refractivity contribution in [2.45, 2.75) is 4.21 Å². The number of carbonyl (C=O) groups is 1. The smallest absolute Gasteiger partial charge is 0.331 e. The highest BCUT2D eigenvalue weighted by molar-refractivity contribution is 7.89. The van der Waals surface area contributed by atoms with Gasteiger partial charge in [0.2, 0.25) is 0 Å². The molecule has 0 bridgehead atoms. The molecule has 72 valence electrons. The molecule has 0 spiro atoms. The second-order valence-corrected chi connectivity index (χ2v) is 4.83. The van der Waals surface area contributed by atoms with E-state index in [9.17, 15) is 13.2 Å². The van der Waals surface area contributed by atoms with Crippen molar-refractivity contribution in [3.63, 3.8) is 0 Å². The predicted octanol–water partition coefficient (Wildman–Crippen LogP) is 0.538. The fraction of sp³-hybridized carbons (Fsp3) is 0.167. The van der Waals surface area contributed by atoms with Crippen molar-refractivity contribution in [3.05, 3.63) is 17.5 Å². The monoisotopic (exact) mass is 222 g/mol. The van der Waals surface area contributed by atoms with Crippen LogP contribution in [0.15, 0.2) is 21.7 Å². The minimum atomic E-state index is -3.87. The molecule has 1 rings (SSSR count). The van der Waals surface area contributed by atoms with Crippen LogP contribution in [0.4, 0.5) is 0 Å². The Hall–Kier alpha value is -0.920. The first-order chi connectivity index (χ1) is 6.02. The normalized spacial score (nSPS) is 11.4. The van der Waals surface area contributed by atoms with Gasteiger partial charge in [-0.1, -0.05) is 6.07 Å². The van der Waals surface area contributed by atoms with Crippen LogP contribution in [0.1, 0.15) is 0 Å². The average Bonchev–Trinajstić information content (AvgIpc) is 2.53. The molecule has 0 saturated heterocycles. The third kappa shape index (κ3) is 2.79. The standard InChI is InChI=1S/C6H6O5S2/c7-5(8)4-11-13(9,10)6-2-1-3-12-6/h1-3H,4H2,(H,7,8). The summed E-state index contributed by atoms with van der Waals surface area (Å²) in [6.45, 7) is -0.847. The number of rotatable bonds is 4. The van der Waals surface area contributed by atoms with Crippen molar-refractivity contribution in [2.75, 3.05) is 6.61 Å². The van der Waals surface area contributed by atoms with E-state index in [-0.39, 0.29) is 4.21 Å². The maximum absolute atomic E-state index is 11.1. The summed E-state index contributed by atoms with van der Waals surface area (Å²) in [5, 5.41) is 9.75. The Morgan fingerprint density at radius 2 is 2.31 bits per heavy atom. The zero-order chi connectivity index (χ0) is 9.90. The fourth-order valence-corrected chi connectivity index (χ4v) is 2.44. The Morgan fingerprint density at radius 1 is 1.62 bits per heavy atom. The van der Waals surface area contributed by atoms with E-state index in [1.165, 1.54) is 6.07 Å². The number of aliphatic carboxylic acids is 1. The first-order valence-corrected chi connectivity index (χ1v) is 5.46. The van der Waals surface area contributed by atoms with Gasteiger partial charge in [0.25, 0.3) is 0 Å². The van der Waals surface area contributed by atoms with E-state index in [2.05, 4.69) is 4.18 Å². The van der Waals surface area contributed by atoms with E-state index in [1.54, 1.807) is 11.4 Å². The lowest BCUT2D eigenvalue weighted by Crippen LogP contribution is -2.12. The molecule has 0 atom stereocenters. The van der Waals surface area contributed by atoms with Gasteiger partial charge in [-0.25, -0.2) is 4.79 Å². The maximum Gasteiger partial charge on any atom is 0.331 e. The van der Waals surface area contributed by atoms with Gasteiger partial charge in [0, 0.05) is 0 Å². The van der Waals surface area contributed by atoms with Crippen LogP contribution in [0.2, 0.25) is 0 Å². The van der Waals surface area contributed by atoms with Crippen LogP contribution in [0.5, 0.6) is 0 Å². The summed E-state index contributed by atoms with van der Waals surface area (Å²) in [5.41, 5.74) is 0. The van der Waals surface area contributed by atoms with Crippen molar-refractivity contribution < 1.29 is 22.5 Å². The molecule has 0 aliphatic carbocycles. The second kappa shape index (κ2) is 3.86. The Labute approximate surface area is 78.7 Å². The van der Waals surface area contributed by atoms with Gasteiger partial charge in [0.1, 0.15) is 4.21 Å². The Bertz CT molecular complexity index is 377. The molecule has 0 aliphatic heterocycles. The molecule has 1 aromatic heterocycles. The summed E-state index contributed by atoms with van der Waals surface area (Å²) in [4.78, 5) is 10.0. The van der Waals surface area contributed by atoms with E-state index >= 15 is 0 Å². The largest absolute Gasteiger partial charge is 0.479 e. The molecule has 1 N–H and O–H groups in total. The Balaban J connectivity index is 2.74. The van der Waals surface area contributed by atoms with Crippen LogP contribution < -0.4 is 0 Å². The van der Waals surface area contributed by atoms with Gasteiger partial charge in [-0.2, -0.15) is 8.42 Å². The topological polar surface area (TPSA) is 80.7 Å². The van der Waals surface area contributed by atoms with Crippen molar-refractivity contribution in [2.24, 2.45) is 0 Å². The fourth-order valence-electron chi connectivity index (χ4n) is 0.592. The maximum atomic E-state index is 11.1. The molecule has 7 heteroatoms. The van der Waals surface area contributed by atoms with E-state index < -0.39 is 22.7 Å². The lowest BCUT2D eigenvalue weighted by atomic mass is 10.7. The summed E-state index contributed by atoms with van der Waals surface area (Å²) in [5.74, 6) is -1.32. The van der Waals surface area contributed by atoms with Gasteiger partial charge in [-0.15, -0.1) is 11.3 Å². The third-order valence-corrected chi connectivity index (χ3v) is 3.70. The SMILES string of the molecule is O=C(O)COS(=O)(=O)c1cccs1. The van der Waals surface area contributed by atoms with Crippen LogP contribution in [0.25, 0.3) is 0 Å². The van der Waals surface area contributed by atoms with E-state index in [0.717, 1.165) is 11.3 Å². The molecular formula is C6H6O5S2. The summed E-state index contributed by atoms with van der Waals surface area (Å²) < 4.78 is 26.5. The summed E-state index contributed by atoms with van der Waals surface area (Å²) >= 11 is 0.976. The van der Waals surface area contributed by atoms with E-state index in [0.29, 0.717) is 0 Å². The van der Waals surface area contributed by atoms with Crippen LogP contribution in [0, 0.1) is 0 Å². The van der Waals surface area contributed by atoms with Crippen LogP contribution in [0.3, 0.4) is 0 Å². The predicted molar refractivity (Wildman–Crippen MR) is 45.1 cm³/mol. The van der Waals surface area contributed by atoms with Crippen molar-refractivity contribution in [1.82, 2.24) is 0 Å². The summed E-state index contributed by atoms with van der Waals surface area (Å²) in [6, 6.07) is 2.89. The zero-order valence-corrected chi connectivity index (χ0v) is 7.97. The zero-order valence-electron chi connectivity index (χ0n) is 6.34. The molecule has 5 nitrogen and oxygen atoms in total. The lowest BCUT2D eigenvalue weighted by Gasteiger charge is -1.98. The van der Waals surface area contributed by atoms with Crippen molar-refractivity contribution in [3.8, 4) is 0 Å². The minimum absolute atomic E-state index is 0.00810. The first kappa shape index (κ1) is 10.2. The number of hydrogen-bond donors (Lipinski definition) is 1. The van der Waals surface area contributed by atoms with Gasteiger partial charge >= 0.3 is 16.1 Å². The molecule has 0 aliphatic rings. The van der Waals surface area contributed by atoms with Crippen LogP contribution in [-0.4, -0.2) is 26.1 Å². The number of carboxylic acids is 1. The number of carboxylic acid groups (broad SMARTS) is 1.